The van der Waals surface area contributed by atoms with Gasteiger partial charge in [-0.15, -0.1) is 0 Å². The van der Waals surface area contributed by atoms with E-state index in [1.165, 1.54) is 0 Å². The van der Waals surface area contributed by atoms with E-state index in [0.717, 1.165) is 7.14 Å². The Hall–Kier alpha value is -1.94. The molecule has 136 valence electrons. The van der Waals surface area contributed by atoms with E-state index in [1.807, 2.05) is 24.3 Å². The van der Waals surface area contributed by atoms with Crippen LogP contribution in [0, 0.1) is 7.14 Å². The van der Waals surface area contributed by atoms with Crippen molar-refractivity contribution in [3.8, 4) is 5.75 Å². The Bertz CT molecular complexity index is 985. The predicted octanol–water partition coefficient (Wildman–Crippen LogP) is 5.47. The quantitative estimate of drug-likeness (QED) is 0.227. The molecule has 0 radical (unpaired) electrons. The number of esters is 2. The minimum absolute atomic E-state index is 0.0130. The van der Waals surface area contributed by atoms with Crippen LogP contribution in [-0.4, -0.2) is 11.9 Å². The van der Waals surface area contributed by atoms with Gasteiger partial charge in [0.25, 0.3) is 0 Å². The summed E-state index contributed by atoms with van der Waals surface area (Å²) in [4.78, 5) is 24.8. The molecule has 0 heterocycles. The SMILES string of the molecule is O=C(OCc1ccccc1OC(=O)c1ccccc1I)c1ccccc1I. The van der Waals surface area contributed by atoms with Crippen LogP contribution < -0.4 is 4.74 Å². The molecule has 4 nitrogen and oxygen atoms in total. The maximum absolute atomic E-state index is 12.5. The normalized spacial score (nSPS) is 10.3. The molecule has 3 rings (SSSR count). The molecule has 0 aromatic heterocycles. The lowest BCUT2D eigenvalue weighted by Gasteiger charge is -2.11. The van der Waals surface area contributed by atoms with Gasteiger partial charge in [0.15, 0.2) is 0 Å². The molecule has 0 aliphatic heterocycles. The molecule has 0 atom stereocenters. The Morgan fingerprint density at radius 1 is 0.704 bits per heavy atom. The van der Waals surface area contributed by atoms with Crippen LogP contribution in [0.4, 0.5) is 0 Å². The smallest absolute Gasteiger partial charge is 0.344 e. The lowest BCUT2D eigenvalue weighted by molar-refractivity contribution is 0.0468. The highest BCUT2D eigenvalue weighted by molar-refractivity contribution is 14.1. The van der Waals surface area contributed by atoms with E-state index in [0.29, 0.717) is 22.4 Å². The van der Waals surface area contributed by atoms with Crippen molar-refractivity contribution in [1.82, 2.24) is 0 Å². The Balaban J connectivity index is 1.73. The minimum Gasteiger partial charge on any atom is -0.457 e. The molecule has 0 fully saturated rings. The first kappa shape index (κ1) is 19.8. The van der Waals surface area contributed by atoms with Crippen molar-refractivity contribution < 1.29 is 19.1 Å². The topological polar surface area (TPSA) is 52.6 Å². The van der Waals surface area contributed by atoms with E-state index < -0.39 is 11.9 Å². The third-order valence-corrected chi connectivity index (χ3v) is 5.60. The van der Waals surface area contributed by atoms with Gasteiger partial charge in [0.05, 0.1) is 11.1 Å². The Labute approximate surface area is 184 Å². The summed E-state index contributed by atoms with van der Waals surface area (Å²) in [5.74, 6) is -0.493. The first-order chi connectivity index (χ1) is 13.1. The summed E-state index contributed by atoms with van der Waals surface area (Å²) in [6, 6.07) is 21.4. The van der Waals surface area contributed by atoms with Gasteiger partial charge >= 0.3 is 11.9 Å². The van der Waals surface area contributed by atoms with Gasteiger partial charge in [-0.2, -0.15) is 0 Å². The number of hydrogen-bond acceptors (Lipinski definition) is 4. The van der Waals surface area contributed by atoms with Crippen LogP contribution in [0.3, 0.4) is 0 Å². The van der Waals surface area contributed by atoms with Crippen molar-refractivity contribution in [1.29, 1.82) is 0 Å². The number of rotatable bonds is 5. The van der Waals surface area contributed by atoms with E-state index >= 15 is 0 Å². The summed E-state index contributed by atoms with van der Waals surface area (Å²) in [6.45, 7) is 0.0130. The Kier molecular flexibility index (Phi) is 6.84. The predicted molar refractivity (Wildman–Crippen MR) is 119 cm³/mol. The molecule has 0 spiro atoms. The van der Waals surface area contributed by atoms with E-state index in [4.69, 9.17) is 9.47 Å². The maximum Gasteiger partial charge on any atom is 0.344 e. The second-order valence-electron chi connectivity index (χ2n) is 5.53. The summed E-state index contributed by atoms with van der Waals surface area (Å²) < 4.78 is 12.6. The molecule has 0 amide bonds. The molecule has 0 saturated carbocycles. The number of carbonyl (C=O) groups excluding carboxylic acids is 2. The van der Waals surface area contributed by atoms with Crippen LogP contribution in [-0.2, 0) is 11.3 Å². The van der Waals surface area contributed by atoms with E-state index in [-0.39, 0.29) is 6.61 Å². The summed E-state index contributed by atoms with van der Waals surface area (Å²) in [6.07, 6.45) is 0. The number of benzene rings is 3. The van der Waals surface area contributed by atoms with Crippen LogP contribution in [0.2, 0.25) is 0 Å². The lowest BCUT2D eigenvalue weighted by atomic mass is 10.2. The highest BCUT2D eigenvalue weighted by Crippen LogP contribution is 2.22. The summed E-state index contributed by atoms with van der Waals surface area (Å²) in [7, 11) is 0. The fourth-order valence-corrected chi connectivity index (χ4v) is 3.57. The molecule has 0 aliphatic carbocycles. The molecule has 0 saturated heterocycles. The van der Waals surface area contributed by atoms with Gasteiger partial charge in [0.2, 0.25) is 0 Å². The summed E-state index contributed by atoms with van der Waals surface area (Å²) >= 11 is 4.18. The van der Waals surface area contributed by atoms with Crippen molar-refractivity contribution in [3.05, 3.63) is 96.6 Å². The van der Waals surface area contributed by atoms with Crippen molar-refractivity contribution in [3.63, 3.8) is 0 Å². The van der Waals surface area contributed by atoms with Crippen molar-refractivity contribution in [2.45, 2.75) is 6.61 Å². The molecule has 3 aromatic carbocycles. The first-order valence-electron chi connectivity index (χ1n) is 8.02. The van der Waals surface area contributed by atoms with Crippen molar-refractivity contribution >= 4 is 57.1 Å². The van der Waals surface area contributed by atoms with E-state index in [1.54, 1.807) is 48.5 Å². The van der Waals surface area contributed by atoms with Crippen LogP contribution in [0.5, 0.6) is 5.75 Å². The fourth-order valence-electron chi connectivity index (χ4n) is 2.35. The Morgan fingerprint density at radius 2 is 1.22 bits per heavy atom. The molecule has 0 bridgehead atoms. The molecular formula is C21H14I2O4. The zero-order valence-electron chi connectivity index (χ0n) is 14.0. The van der Waals surface area contributed by atoms with Gasteiger partial charge in [-0.1, -0.05) is 42.5 Å². The standard InChI is InChI=1S/C21H14I2O4/c22-17-10-4-2-8-15(17)20(24)26-13-14-7-1-6-12-19(14)27-21(25)16-9-3-5-11-18(16)23/h1-12H,13H2. The molecule has 0 unspecified atom stereocenters. The minimum atomic E-state index is -0.448. The third kappa shape index (κ3) is 5.07. The van der Waals surface area contributed by atoms with Crippen molar-refractivity contribution in [2.75, 3.05) is 0 Å². The van der Waals surface area contributed by atoms with Crippen LogP contribution in [0.1, 0.15) is 26.3 Å². The van der Waals surface area contributed by atoms with E-state index in [9.17, 15) is 9.59 Å². The van der Waals surface area contributed by atoms with Gasteiger partial charge in [0, 0.05) is 12.7 Å². The number of hydrogen-bond donors (Lipinski definition) is 0. The maximum atomic E-state index is 12.5. The highest BCUT2D eigenvalue weighted by atomic mass is 127. The van der Waals surface area contributed by atoms with Gasteiger partial charge in [-0.3, -0.25) is 0 Å². The van der Waals surface area contributed by atoms with Gasteiger partial charge in [-0.05, 0) is 75.5 Å². The van der Waals surface area contributed by atoms with Crippen LogP contribution in [0.15, 0.2) is 72.8 Å². The molecule has 0 aliphatic rings. The van der Waals surface area contributed by atoms with Gasteiger partial charge < -0.3 is 9.47 Å². The van der Waals surface area contributed by atoms with Crippen molar-refractivity contribution in [2.24, 2.45) is 0 Å². The number of ether oxygens (including phenoxy) is 2. The zero-order chi connectivity index (χ0) is 19.2. The van der Waals surface area contributed by atoms with E-state index in [2.05, 4.69) is 45.2 Å². The highest BCUT2D eigenvalue weighted by Gasteiger charge is 2.16. The Morgan fingerprint density at radius 3 is 1.85 bits per heavy atom. The second kappa shape index (κ2) is 9.32. The number of para-hydroxylation sites is 1. The first-order valence-corrected chi connectivity index (χ1v) is 10.2. The van der Waals surface area contributed by atoms with Crippen LogP contribution in [0.25, 0.3) is 0 Å². The van der Waals surface area contributed by atoms with Gasteiger partial charge in [0.1, 0.15) is 12.4 Å². The molecule has 6 heteroatoms. The average molecular weight is 584 g/mol. The summed E-state index contributed by atoms with van der Waals surface area (Å²) in [5, 5.41) is 0. The van der Waals surface area contributed by atoms with Gasteiger partial charge in [-0.25, -0.2) is 9.59 Å². The summed E-state index contributed by atoms with van der Waals surface area (Å²) in [5.41, 5.74) is 1.62. The number of carbonyl (C=O) groups is 2. The monoisotopic (exact) mass is 584 g/mol. The molecule has 27 heavy (non-hydrogen) atoms. The fraction of sp³-hybridized carbons (Fsp3) is 0.0476. The largest absolute Gasteiger partial charge is 0.457 e. The van der Waals surface area contributed by atoms with Crippen LogP contribution >= 0.6 is 45.2 Å². The third-order valence-electron chi connectivity index (χ3n) is 3.72. The molecular weight excluding hydrogens is 570 g/mol. The zero-order valence-corrected chi connectivity index (χ0v) is 18.3. The molecule has 3 aromatic rings. The lowest BCUT2D eigenvalue weighted by Crippen LogP contribution is -2.12. The molecule has 0 N–H and O–H groups in total. The average Bonchev–Trinajstić information content (AvgIpc) is 2.67. The number of halogens is 2. The second-order valence-corrected chi connectivity index (χ2v) is 7.86.